The van der Waals surface area contributed by atoms with E-state index in [9.17, 15) is 8.42 Å². The zero-order valence-corrected chi connectivity index (χ0v) is 21.0. The molecule has 2 aliphatic rings. The Labute approximate surface area is 216 Å². The van der Waals surface area contributed by atoms with Crippen molar-refractivity contribution in [3.63, 3.8) is 0 Å². The van der Waals surface area contributed by atoms with Crippen LogP contribution in [0.15, 0.2) is 82.3 Å². The fourth-order valence-electron chi connectivity index (χ4n) is 5.12. The summed E-state index contributed by atoms with van der Waals surface area (Å²) >= 11 is 6.15. The van der Waals surface area contributed by atoms with E-state index in [1.807, 2.05) is 30.3 Å². The SMILES string of the molecule is N#Cc1ccc(S(=O)(=O)N=C=COc2ccc3c(c2)C(C2(c4ccc(Cl)cc4)CCC2)NCC3)cc1. The number of hydrogen-bond donors (Lipinski definition) is 1. The summed E-state index contributed by atoms with van der Waals surface area (Å²) in [5.41, 5.74) is 4.15. The van der Waals surface area contributed by atoms with Gasteiger partial charge in [-0.15, -0.1) is 4.40 Å². The van der Waals surface area contributed by atoms with Crippen LogP contribution in [-0.4, -0.2) is 20.8 Å². The molecule has 36 heavy (non-hydrogen) atoms. The molecular weight excluding hydrogens is 494 g/mol. The van der Waals surface area contributed by atoms with Gasteiger partial charge in [-0.2, -0.15) is 13.7 Å². The van der Waals surface area contributed by atoms with Crippen LogP contribution < -0.4 is 10.1 Å². The van der Waals surface area contributed by atoms with Gasteiger partial charge in [0.25, 0.3) is 10.0 Å². The summed E-state index contributed by atoms with van der Waals surface area (Å²) in [7, 11) is -3.94. The second-order valence-corrected chi connectivity index (χ2v) is 11.1. The number of benzene rings is 3. The van der Waals surface area contributed by atoms with Crippen LogP contribution in [0, 0.1) is 11.3 Å². The zero-order chi connectivity index (χ0) is 25.2. The quantitative estimate of drug-likeness (QED) is 0.345. The molecule has 182 valence electrons. The van der Waals surface area contributed by atoms with Gasteiger partial charge in [-0.3, -0.25) is 0 Å². The van der Waals surface area contributed by atoms with Crippen molar-refractivity contribution >= 4 is 27.5 Å². The van der Waals surface area contributed by atoms with Gasteiger partial charge in [0.2, 0.25) is 0 Å². The third-order valence-electron chi connectivity index (χ3n) is 7.09. The monoisotopic (exact) mass is 517 g/mol. The first kappa shape index (κ1) is 24.3. The zero-order valence-electron chi connectivity index (χ0n) is 19.4. The molecule has 6 nitrogen and oxygen atoms in total. The van der Waals surface area contributed by atoms with Gasteiger partial charge in [0.1, 0.15) is 5.75 Å². The van der Waals surface area contributed by atoms with E-state index in [1.165, 1.54) is 47.4 Å². The fraction of sp³-hybridized carbons (Fsp3) is 0.250. The highest BCUT2D eigenvalue weighted by molar-refractivity contribution is 7.90. The molecule has 3 aromatic carbocycles. The third kappa shape index (κ3) is 4.69. The first-order chi connectivity index (χ1) is 17.4. The summed E-state index contributed by atoms with van der Waals surface area (Å²) < 4.78 is 34.0. The number of fused-ring (bicyclic) bond motifs is 1. The molecule has 0 bridgehead atoms. The number of nitrogens with one attached hydrogen (secondary N) is 1. The van der Waals surface area contributed by atoms with Crippen LogP contribution >= 0.6 is 11.6 Å². The van der Waals surface area contributed by atoms with E-state index in [1.54, 1.807) is 0 Å². The number of hydrogen-bond acceptors (Lipinski definition) is 5. The van der Waals surface area contributed by atoms with Crippen molar-refractivity contribution in [3.05, 3.63) is 100 Å². The van der Waals surface area contributed by atoms with Gasteiger partial charge < -0.3 is 10.1 Å². The van der Waals surface area contributed by atoms with E-state index < -0.39 is 10.0 Å². The molecule has 5 rings (SSSR count). The van der Waals surface area contributed by atoms with Gasteiger partial charge in [0.15, 0.2) is 6.26 Å². The Kier molecular flexibility index (Phi) is 6.70. The first-order valence-corrected chi connectivity index (χ1v) is 13.6. The lowest BCUT2D eigenvalue weighted by atomic mass is 9.58. The number of ether oxygens (including phenoxy) is 1. The van der Waals surface area contributed by atoms with E-state index in [0.29, 0.717) is 11.3 Å². The highest BCUT2D eigenvalue weighted by atomic mass is 35.5. The van der Waals surface area contributed by atoms with Crippen LogP contribution in [0.3, 0.4) is 0 Å². The van der Waals surface area contributed by atoms with Crippen molar-refractivity contribution < 1.29 is 13.2 Å². The van der Waals surface area contributed by atoms with Crippen molar-refractivity contribution in [2.24, 2.45) is 4.40 Å². The molecule has 1 fully saturated rings. The van der Waals surface area contributed by atoms with E-state index in [0.717, 1.165) is 37.1 Å². The summed E-state index contributed by atoms with van der Waals surface area (Å²) in [4.78, 5) is -0.0157. The Morgan fingerprint density at radius 3 is 2.50 bits per heavy atom. The standard InChI is InChI=1S/C28H24ClN3O3S/c29-23-7-5-22(6-8-23)28(13-1-14-28)27-26-18-24(9-4-21(26)12-15-31-27)35-17-16-32-36(33,34)25-10-2-20(19-30)3-11-25/h2-11,17-18,27,31H,1,12-15H2. The number of nitrogens with zero attached hydrogens (tertiary/aromatic N) is 2. The van der Waals surface area contributed by atoms with Gasteiger partial charge in [-0.1, -0.05) is 36.2 Å². The lowest BCUT2D eigenvalue weighted by Gasteiger charge is -2.50. The average molecular weight is 518 g/mol. The van der Waals surface area contributed by atoms with Crippen LogP contribution in [0.25, 0.3) is 0 Å². The van der Waals surface area contributed by atoms with Crippen molar-refractivity contribution in [1.29, 1.82) is 5.26 Å². The Balaban J connectivity index is 1.38. The highest BCUT2D eigenvalue weighted by Gasteiger charge is 2.47. The predicted octanol–water partition coefficient (Wildman–Crippen LogP) is 5.47. The molecule has 1 atom stereocenters. The second-order valence-electron chi connectivity index (χ2n) is 9.08. The largest absolute Gasteiger partial charge is 0.455 e. The number of sulfonamides is 1. The summed E-state index contributed by atoms with van der Waals surface area (Å²) in [6, 6.07) is 21.8. The molecule has 0 spiro atoms. The maximum absolute atomic E-state index is 12.4. The van der Waals surface area contributed by atoms with Gasteiger partial charge in [0.05, 0.1) is 16.5 Å². The molecule has 1 aliphatic heterocycles. The molecular formula is C28H24ClN3O3S. The van der Waals surface area contributed by atoms with Crippen LogP contribution in [0.5, 0.6) is 5.75 Å². The van der Waals surface area contributed by atoms with Crippen molar-refractivity contribution in [1.82, 2.24) is 5.32 Å². The van der Waals surface area contributed by atoms with E-state index in [-0.39, 0.29) is 16.4 Å². The third-order valence-corrected chi connectivity index (χ3v) is 8.56. The lowest BCUT2D eigenvalue weighted by Crippen LogP contribution is -2.49. The second kappa shape index (κ2) is 9.93. The average Bonchev–Trinajstić information content (AvgIpc) is 2.87. The Bertz CT molecular complexity index is 1480. The minimum absolute atomic E-state index is 0.00481. The van der Waals surface area contributed by atoms with E-state index >= 15 is 0 Å². The summed E-state index contributed by atoms with van der Waals surface area (Å²) in [6.07, 6.45) is 5.45. The molecule has 0 saturated heterocycles. The number of rotatable bonds is 6. The highest BCUT2D eigenvalue weighted by Crippen LogP contribution is 2.53. The lowest BCUT2D eigenvalue weighted by molar-refractivity contribution is 0.164. The smallest absolute Gasteiger partial charge is 0.290 e. The fourth-order valence-corrected chi connectivity index (χ4v) is 6.01. The summed E-state index contributed by atoms with van der Waals surface area (Å²) in [6.45, 7) is 0.910. The summed E-state index contributed by atoms with van der Waals surface area (Å²) in [5, 5.41) is 13.3. The molecule has 1 aliphatic carbocycles. The minimum Gasteiger partial charge on any atom is -0.455 e. The number of halogens is 1. The topological polar surface area (TPSA) is 91.5 Å². The molecule has 0 amide bonds. The number of nitriles is 1. The first-order valence-electron chi connectivity index (χ1n) is 11.7. The molecule has 1 N–H and O–H groups in total. The van der Waals surface area contributed by atoms with E-state index in [4.69, 9.17) is 21.6 Å². The molecule has 1 heterocycles. The maximum atomic E-state index is 12.4. The van der Waals surface area contributed by atoms with Gasteiger partial charge in [-0.25, -0.2) is 0 Å². The predicted molar refractivity (Wildman–Crippen MR) is 139 cm³/mol. The Morgan fingerprint density at radius 1 is 1.08 bits per heavy atom. The van der Waals surface area contributed by atoms with Crippen LogP contribution in [0.4, 0.5) is 0 Å². The van der Waals surface area contributed by atoms with Crippen LogP contribution in [0.2, 0.25) is 5.02 Å². The molecule has 3 aromatic rings. The molecule has 0 aromatic heterocycles. The van der Waals surface area contributed by atoms with Crippen molar-refractivity contribution in [2.45, 2.75) is 42.0 Å². The maximum Gasteiger partial charge on any atom is 0.290 e. The summed E-state index contributed by atoms with van der Waals surface area (Å²) in [5.74, 6) is 2.96. The van der Waals surface area contributed by atoms with E-state index in [2.05, 4.69) is 33.8 Å². The Morgan fingerprint density at radius 2 is 1.83 bits per heavy atom. The van der Waals surface area contributed by atoms with Gasteiger partial charge >= 0.3 is 0 Å². The minimum atomic E-state index is -3.94. The molecule has 1 saturated carbocycles. The normalized spacial score (nSPS) is 18.1. The van der Waals surface area contributed by atoms with Gasteiger partial charge in [0, 0.05) is 22.3 Å². The Hall–Kier alpha value is -3.40. The van der Waals surface area contributed by atoms with Crippen molar-refractivity contribution in [3.8, 4) is 11.8 Å². The van der Waals surface area contributed by atoms with Crippen LogP contribution in [0.1, 0.15) is 47.6 Å². The van der Waals surface area contributed by atoms with Gasteiger partial charge in [-0.05, 0) is 91.0 Å². The molecule has 8 heteroatoms. The van der Waals surface area contributed by atoms with Crippen LogP contribution in [-0.2, 0) is 21.9 Å². The van der Waals surface area contributed by atoms with Crippen molar-refractivity contribution in [2.75, 3.05) is 6.54 Å². The molecule has 1 unspecified atom stereocenters. The molecule has 0 radical (unpaired) electrons.